The molecule has 0 aliphatic heterocycles. The Kier molecular flexibility index (Phi) is 6.54. The van der Waals surface area contributed by atoms with E-state index >= 15 is 0 Å². The molecular formula is C18H19NO6. The van der Waals surface area contributed by atoms with Crippen LogP contribution in [0.15, 0.2) is 27.4 Å². The number of fused-ring (bicyclic) bond motifs is 1. The molecule has 132 valence electrons. The number of hydrogen-bond donors (Lipinski definition) is 0. The summed E-state index contributed by atoms with van der Waals surface area (Å²) in [5.41, 5.74) is 1.43. The SMILES string of the molecule is COCCOC(=O)CCc1cc2c(C)cc(=O)oc2cc1OCC#N. The molecule has 0 radical (unpaired) electrons. The highest BCUT2D eigenvalue weighted by molar-refractivity contribution is 5.83. The molecule has 0 atom stereocenters. The van der Waals surface area contributed by atoms with Crippen molar-refractivity contribution in [3.8, 4) is 11.8 Å². The van der Waals surface area contributed by atoms with Crippen LogP contribution < -0.4 is 10.4 Å². The molecule has 7 nitrogen and oxygen atoms in total. The summed E-state index contributed by atoms with van der Waals surface area (Å²) in [6, 6.07) is 6.68. The summed E-state index contributed by atoms with van der Waals surface area (Å²) in [6.07, 6.45) is 0.537. The van der Waals surface area contributed by atoms with Gasteiger partial charge in [0.25, 0.3) is 0 Å². The third-order valence-corrected chi connectivity index (χ3v) is 3.57. The lowest BCUT2D eigenvalue weighted by Gasteiger charge is -2.12. The van der Waals surface area contributed by atoms with Gasteiger partial charge in [0.15, 0.2) is 6.61 Å². The average molecular weight is 345 g/mol. The number of rotatable bonds is 8. The van der Waals surface area contributed by atoms with E-state index in [1.807, 2.05) is 12.1 Å². The third kappa shape index (κ3) is 5.06. The average Bonchev–Trinajstić information content (AvgIpc) is 2.58. The molecule has 7 heteroatoms. The van der Waals surface area contributed by atoms with Crippen molar-refractivity contribution in [2.24, 2.45) is 0 Å². The van der Waals surface area contributed by atoms with Gasteiger partial charge in [0.1, 0.15) is 24.0 Å². The first kappa shape index (κ1) is 18.5. The van der Waals surface area contributed by atoms with Gasteiger partial charge in [-0.05, 0) is 30.5 Å². The molecule has 0 N–H and O–H groups in total. The number of benzene rings is 1. The summed E-state index contributed by atoms with van der Waals surface area (Å²) in [4.78, 5) is 23.3. The first-order valence-electron chi connectivity index (χ1n) is 7.77. The minimum absolute atomic E-state index is 0.146. The fourth-order valence-corrected chi connectivity index (χ4v) is 2.38. The van der Waals surface area contributed by atoms with E-state index in [4.69, 9.17) is 23.9 Å². The Morgan fingerprint density at radius 1 is 1.28 bits per heavy atom. The van der Waals surface area contributed by atoms with Crippen molar-refractivity contribution in [2.75, 3.05) is 26.9 Å². The number of carbonyl (C=O) groups is 1. The lowest BCUT2D eigenvalue weighted by molar-refractivity contribution is -0.144. The quantitative estimate of drug-likeness (QED) is 0.410. The molecule has 0 saturated heterocycles. The van der Waals surface area contributed by atoms with Crippen molar-refractivity contribution >= 4 is 16.9 Å². The van der Waals surface area contributed by atoms with Crippen molar-refractivity contribution in [2.45, 2.75) is 19.8 Å². The molecule has 0 amide bonds. The molecule has 1 heterocycles. The molecule has 2 rings (SSSR count). The summed E-state index contributed by atoms with van der Waals surface area (Å²) in [5.74, 6) is 0.0622. The van der Waals surface area contributed by atoms with Crippen LogP contribution in [-0.4, -0.2) is 32.9 Å². The molecule has 0 aliphatic carbocycles. The van der Waals surface area contributed by atoms with Crippen LogP contribution in [0.2, 0.25) is 0 Å². The van der Waals surface area contributed by atoms with Gasteiger partial charge < -0.3 is 18.6 Å². The fourth-order valence-electron chi connectivity index (χ4n) is 2.38. The predicted octanol–water partition coefficient (Wildman–Crippen LogP) is 2.13. The van der Waals surface area contributed by atoms with Crippen LogP contribution in [0.25, 0.3) is 11.0 Å². The minimum atomic E-state index is -0.453. The van der Waals surface area contributed by atoms with Gasteiger partial charge in [-0.1, -0.05) is 0 Å². The standard InChI is InChI=1S/C18H19NO6/c1-12-9-18(21)25-16-11-15(23-6-5-19)13(10-14(12)16)3-4-17(20)24-8-7-22-2/h9-11H,3-4,6-8H2,1-2H3. The van der Waals surface area contributed by atoms with Gasteiger partial charge in [-0.15, -0.1) is 0 Å². The Morgan fingerprint density at radius 2 is 2.08 bits per heavy atom. The molecule has 1 aromatic carbocycles. The molecule has 1 aromatic heterocycles. The number of ether oxygens (including phenoxy) is 3. The van der Waals surface area contributed by atoms with Crippen molar-refractivity contribution < 1.29 is 23.4 Å². The highest BCUT2D eigenvalue weighted by Gasteiger charge is 2.13. The van der Waals surface area contributed by atoms with Crippen molar-refractivity contribution in [3.05, 3.63) is 39.7 Å². The molecule has 0 saturated carbocycles. The number of nitriles is 1. The number of methoxy groups -OCH3 is 1. The zero-order valence-corrected chi connectivity index (χ0v) is 14.2. The Balaban J connectivity index is 2.25. The van der Waals surface area contributed by atoms with Crippen LogP contribution in [0, 0.1) is 18.3 Å². The van der Waals surface area contributed by atoms with Gasteiger partial charge in [-0.25, -0.2) is 4.79 Å². The van der Waals surface area contributed by atoms with Crippen LogP contribution in [0.4, 0.5) is 0 Å². The Bertz CT molecular complexity index is 849. The minimum Gasteiger partial charge on any atom is -0.478 e. The Labute approximate surface area is 144 Å². The van der Waals surface area contributed by atoms with Gasteiger partial charge in [0, 0.05) is 31.0 Å². The normalized spacial score (nSPS) is 10.4. The number of carbonyl (C=O) groups excluding carboxylic acids is 1. The van der Waals surface area contributed by atoms with E-state index in [0.29, 0.717) is 24.4 Å². The highest BCUT2D eigenvalue weighted by Crippen LogP contribution is 2.28. The van der Waals surface area contributed by atoms with Crippen molar-refractivity contribution in [1.82, 2.24) is 0 Å². The lowest BCUT2D eigenvalue weighted by atomic mass is 10.0. The van der Waals surface area contributed by atoms with Crippen LogP contribution >= 0.6 is 0 Å². The van der Waals surface area contributed by atoms with Gasteiger partial charge in [-0.2, -0.15) is 5.26 Å². The van der Waals surface area contributed by atoms with Crippen LogP contribution in [-0.2, 0) is 20.7 Å². The zero-order valence-electron chi connectivity index (χ0n) is 14.2. The molecule has 0 spiro atoms. The maximum absolute atomic E-state index is 11.8. The Morgan fingerprint density at radius 3 is 2.80 bits per heavy atom. The van der Waals surface area contributed by atoms with Crippen LogP contribution in [0.5, 0.6) is 5.75 Å². The van der Waals surface area contributed by atoms with E-state index in [1.165, 1.54) is 13.2 Å². The summed E-state index contributed by atoms with van der Waals surface area (Å²) in [5, 5.41) is 9.48. The molecule has 0 aliphatic rings. The lowest BCUT2D eigenvalue weighted by Crippen LogP contribution is -2.11. The van der Waals surface area contributed by atoms with E-state index in [1.54, 1.807) is 13.0 Å². The summed E-state index contributed by atoms with van der Waals surface area (Å²) >= 11 is 0. The van der Waals surface area contributed by atoms with E-state index in [9.17, 15) is 9.59 Å². The number of esters is 1. The van der Waals surface area contributed by atoms with Crippen LogP contribution in [0.3, 0.4) is 0 Å². The second kappa shape index (κ2) is 8.85. The Hall–Kier alpha value is -2.85. The first-order chi connectivity index (χ1) is 12.0. The van der Waals surface area contributed by atoms with Crippen molar-refractivity contribution in [3.63, 3.8) is 0 Å². The second-order valence-corrected chi connectivity index (χ2v) is 5.36. The molecular weight excluding hydrogens is 326 g/mol. The molecule has 2 aromatic rings. The van der Waals surface area contributed by atoms with Crippen LogP contribution in [0.1, 0.15) is 17.5 Å². The summed E-state index contributed by atoms with van der Waals surface area (Å²) in [7, 11) is 1.53. The van der Waals surface area contributed by atoms with Gasteiger partial charge in [-0.3, -0.25) is 4.79 Å². The van der Waals surface area contributed by atoms with Gasteiger partial charge >= 0.3 is 11.6 Å². The number of aryl methyl sites for hydroxylation is 2. The molecule has 0 unspecified atom stereocenters. The molecule has 25 heavy (non-hydrogen) atoms. The maximum Gasteiger partial charge on any atom is 0.336 e. The second-order valence-electron chi connectivity index (χ2n) is 5.36. The van der Waals surface area contributed by atoms with Gasteiger partial charge in [0.2, 0.25) is 0 Å². The number of nitrogens with zero attached hydrogens (tertiary/aromatic N) is 1. The molecule has 0 fully saturated rings. The zero-order chi connectivity index (χ0) is 18.2. The third-order valence-electron chi connectivity index (χ3n) is 3.57. The monoisotopic (exact) mass is 345 g/mol. The smallest absolute Gasteiger partial charge is 0.336 e. The predicted molar refractivity (Wildman–Crippen MR) is 89.5 cm³/mol. The fraction of sp³-hybridized carbons (Fsp3) is 0.389. The topological polar surface area (TPSA) is 98.8 Å². The summed E-state index contributed by atoms with van der Waals surface area (Å²) in [6.45, 7) is 2.20. The van der Waals surface area contributed by atoms with E-state index in [2.05, 4.69) is 0 Å². The maximum atomic E-state index is 11.8. The van der Waals surface area contributed by atoms with E-state index in [0.717, 1.165) is 16.5 Å². The molecule has 0 bridgehead atoms. The summed E-state index contributed by atoms with van der Waals surface area (Å²) < 4.78 is 20.5. The van der Waals surface area contributed by atoms with E-state index < -0.39 is 5.63 Å². The highest BCUT2D eigenvalue weighted by atomic mass is 16.6. The largest absolute Gasteiger partial charge is 0.478 e. The first-order valence-corrected chi connectivity index (χ1v) is 7.77. The number of hydrogen-bond acceptors (Lipinski definition) is 7. The van der Waals surface area contributed by atoms with Gasteiger partial charge in [0.05, 0.1) is 6.61 Å². The van der Waals surface area contributed by atoms with Crippen molar-refractivity contribution in [1.29, 1.82) is 5.26 Å². The van der Waals surface area contributed by atoms with E-state index in [-0.39, 0.29) is 25.6 Å².